The van der Waals surface area contributed by atoms with E-state index in [2.05, 4.69) is 26.2 Å². The van der Waals surface area contributed by atoms with Gasteiger partial charge in [0.15, 0.2) is 0 Å². The highest BCUT2D eigenvalue weighted by Crippen LogP contribution is 2.39. The van der Waals surface area contributed by atoms with Gasteiger partial charge in [-0.05, 0) is 63.7 Å². The van der Waals surface area contributed by atoms with E-state index in [0.29, 0.717) is 40.6 Å². The van der Waals surface area contributed by atoms with Gasteiger partial charge < -0.3 is 5.11 Å². The first-order chi connectivity index (χ1) is 15.8. The molecule has 168 valence electrons. The van der Waals surface area contributed by atoms with E-state index in [1.807, 2.05) is 19.9 Å². The molecule has 0 amide bonds. The molecule has 1 N–H and O–H groups in total. The molecule has 0 radical (unpaired) electrons. The van der Waals surface area contributed by atoms with E-state index in [9.17, 15) is 9.50 Å². The lowest BCUT2D eigenvalue weighted by molar-refractivity contribution is 0.0125. The fourth-order valence-electron chi connectivity index (χ4n) is 3.87. The minimum absolute atomic E-state index is 0.0534. The van der Waals surface area contributed by atoms with Crippen molar-refractivity contribution < 1.29 is 13.9 Å². The van der Waals surface area contributed by atoms with E-state index >= 15 is 4.39 Å². The Morgan fingerprint density at radius 3 is 2.39 bits per heavy atom. The van der Waals surface area contributed by atoms with Crippen molar-refractivity contribution in [2.45, 2.75) is 38.8 Å². The van der Waals surface area contributed by atoms with Gasteiger partial charge in [0.2, 0.25) is 0 Å². The van der Waals surface area contributed by atoms with E-state index < -0.39 is 17.2 Å². The van der Waals surface area contributed by atoms with Crippen molar-refractivity contribution in [3.63, 3.8) is 0 Å². The smallest absolute Gasteiger partial charge is 0.147 e. The number of nitrogens with zero attached hydrogens (tertiary/aromatic N) is 4. The van der Waals surface area contributed by atoms with Crippen LogP contribution in [0.2, 0.25) is 0 Å². The summed E-state index contributed by atoms with van der Waals surface area (Å²) in [5.74, 6) is -1.15. The maximum atomic E-state index is 15.7. The van der Waals surface area contributed by atoms with Gasteiger partial charge in [-0.1, -0.05) is 49.4 Å². The van der Waals surface area contributed by atoms with Crippen molar-refractivity contribution in [2.24, 2.45) is 0 Å². The number of benzene rings is 3. The Hall–Kier alpha value is -3.15. The third kappa shape index (κ3) is 4.14. The molecule has 0 aliphatic rings. The molecule has 4 aromatic rings. The number of halogens is 3. The van der Waals surface area contributed by atoms with Crippen molar-refractivity contribution in [3.05, 3.63) is 70.2 Å². The zero-order valence-electron chi connectivity index (χ0n) is 18.1. The third-order valence-electron chi connectivity index (χ3n) is 6.06. The fourth-order valence-corrected chi connectivity index (χ4v) is 4.50. The van der Waals surface area contributed by atoms with Crippen molar-refractivity contribution in [2.75, 3.05) is 0 Å². The molecule has 3 aromatic carbocycles. The summed E-state index contributed by atoms with van der Waals surface area (Å²) in [5.41, 5.74) is 1.87. The van der Waals surface area contributed by atoms with Gasteiger partial charge in [-0.3, -0.25) is 0 Å². The average molecular weight is 511 g/mol. The van der Waals surface area contributed by atoms with Crippen LogP contribution in [0.4, 0.5) is 8.78 Å². The molecule has 8 heteroatoms. The molecule has 0 saturated carbocycles. The molecule has 0 aliphatic carbocycles. The molecule has 0 unspecified atom stereocenters. The van der Waals surface area contributed by atoms with Gasteiger partial charge in [-0.15, -0.1) is 5.10 Å². The Morgan fingerprint density at radius 1 is 1.06 bits per heavy atom. The zero-order chi connectivity index (χ0) is 23.8. The molecule has 0 atom stereocenters. The van der Waals surface area contributed by atoms with Crippen LogP contribution in [0.5, 0.6) is 0 Å². The number of fused-ring (bicyclic) bond motifs is 1. The standard InChI is InChI=1S/C25H21BrF2N4O/c1-3-25(33,4-2)14-32-24-21(30-31-32)12-19(23(28)22(24)26)18-8-6-5-7-17(18)15-9-10-16(13-29)20(27)11-15/h5-12,33H,3-4,14H2,1-2H3. The molecule has 0 fully saturated rings. The summed E-state index contributed by atoms with van der Waals surface area (Å²) in [6.07, 6.45) is 1.05. The number of nitriles is 1. The second-order valence-electron chi connectivity index (χ2n) is 7.95. The van der Waals surface area contributed by atoms with Crippen molar-refractivity contribution in [3.8, 4) is 28.3 Å². The van der Waals surface area contributed by atoms with E-state index in [-0.39, 0.29) is 22.1 Å². The van der Waals surface area contributed by atoms with Gasteiger partial charge in [0, 0.05) is 5.56 Å². The molecule has 0 bridgehead atoms. The normalized spacial score (nSPS) is 11.7. The summed E-state index contributed by atoms with van der Waals surface area (Å²) in [7, 11) is 0. The SMILES string of the molecule is CCC(O)(CC)Cn1nnc2cc(-c3ccccc3-c3ccc(C#N)c(F)c3)c(F)c(Br)c21. The van der Waals surface area contributed by atoms with Crippen LogP contribution in [0.3, 0.4) is 0 Å². The van der Waals surface area contributed by atoms with Crippen LogP contribution >= 0.6 is 15.9 Å². The zero-order valence-corrected chi connectivity index (χ0v) is 19.7. The van der Waals surface area contributed by atoms with Crippen molar-refractivity contribution >= 4 is 27.0 Å². The van der Waals surface area contributed by atoms with E-state index in [0.717, 1.165) is 0 Å². The summed E-state index contributed by atoms with van der Waals surface area (Å²) < 4.78 is 31.6. The minimum atomic E-state index is -0.971. The highest BCUT2D eigenvalue weighted by Gasteiger charge is 2.27. The molecule has 33 heavy (non-hydrogen) atoms. The highest BCUT2D eigenvalue weighted by molar-refractivity contribution is 9.10. The number of hydrogen-bond donors (Lipinski definition) is 1. The third-order valence-corrected chi connectivity index (χ3v) is 6.78. The first-order valence-corrected chi connectivity index (χ1v) is 11.3. The fraction of sp³-hybridized carbons (Fsp3) is 0.240. The second-order valence-corrected chi connectivity index (χ2v) is 8.74. The molecule has 0 spiro atoms. The van der Waals surface area contributed by atoms with Gasteiger partial charge in [0.05, 0.1) is 22.2 Å². The maximum absolute atomic E-state index is 15.7. The molecular formula is C25H21BrF2N4O. The Bertz CT molecular complexity index is 1390. The van der Waals surface area contributed by atoms with E-state index in [4.69, 9.17) is 5.26 Å². The molecule has 1 aromatic heterocycles. The average Bonchev–Trinajstić information content (AvgIpc) is 3.23. The highest BCUT2D eigenvalue weighted by atomic mass is 79.9. The van der Waals surface area contributed by atoms with Gasteiger partial charge in [-0.2, -0.15) is 5.26 Å². The minimum Gasteiger partial charge on any atom is -0.388 e. The topological polar surface area (TPSA) is 74.7 Å². The summed E-state index contributed by atoms with van der Waals surface area (Å²) in [6, 6.07) is 14.8. The Balaban J connectivity index is 1.87. The Kier molecular flexibility index (Phi) is 6.28. The summed E-state index contributed by atoms with van der Waals surface area (Å²) in [4.78, 5) is 0. The van der Waals surface area contributed by atoms with Gasteiger partial charge in [0.1, 0.15) is 28.7 Å². The van der Waals surface area contributed by atoms with Crippen LogP contribution in [0, 0.1) is 23.0 Å². The van der Waals surface area contributed by atoms with Crippen LogP contribution in [0.1, 0.15) is 32.3 Å². The number of rotatable bonds is 6. The second kappa shape index (κ2) is 9.00. The lowest BCUT2D eigenvalue weighted by atomic mass is 9.93. The van der Waals surface area contributed by atoms with E-state index in [1.54, 1.807) is 36.4 Å². The first-order valence-electron chi connectivity index (χ1n) is 10.5. The molecule has 1 heterocycles. The number of hydrogen-bond acceptors (Lipinski definition) is 4. The Morgan fingerprint density at radius 2 is 1.76 bits per heavy atom. The molecule has 0 saturated heterocycles. The van der Waals surface area contributed by atoms with Crippen LogP contribution in [-0.2, 0) is 6.54 Å². The van der Waals surface area contributed by atoms with Crippen LogP contribution in [-0.4, -0.2) is 25.7 Å². The Labute approximate surface area is 198 Å². The van der Waals surface area contributed by atoms with E-state index in [1.165, 1.54) is 16.8 Å². The number of aromatic nitrogens is 3. The maximum Gasteiger partial charge on any atom is 0.147 e. The lowest BCUT2D eigenvalue weighted by Gasteiger charge is -2.25. The summed E-state index contributed by atoms with van der Waals surface area (Å²) in [5, 5.41) is 28.1. The summed E-state index contributed by atoms with van der Waals surface area (Å²) in [6.45, 7) is 3.97. The first kappa shape index (κ1) is 23.0. The van der Waals surface area contributed by atoms with Gasteiger partial charge in [0.25, 0.3) is 0 Å². The predicted molar refractivity (Wildman–Crippen MR) is 126 cm³/mol. The number of aliphatic hydroxyl groups is 1. The monoisotopic (exact) mass is 510 g/mol. The molecule has 0 aliphatic heterocycles. The summed E-state index contributed by atoms with van der Waals surface area (Å²) >= 11 is 3.37. The lowest BCUT2D eigenvalue weighted by Crippen LogP contribution is -2.33. The largest absolute Gasteiger partial charge is 0.388 e. The quantitative estimate of drug-likeness (QED) is 0.333. The van der Waals surface area contributed by atoms with Gasteiger partial charge >= 0.3 is 0 Å². The molecule has 5 nitrogen and oxygen atoms in total. The predicted octanol–water partition coefficient (Wildman–Crippen LogP) is 6.23. The van der Waals surface area contributed by atoms with Crippen molar-refractivity contribution in [1.82, 2.24) is 15.0 Å². The van der Waals surface area contributed by atoms with Crippen LogP contribution in [0.15, 0.2) is 53.0 Å². The van der Waals surface area contributed by atoms with Crippen LogP contribution < -0.4 is 0 Å². The van der Waals surface area contributed by atoms with Gasteiger partial charge in [-0.25, -0.2) is 13.5 Å². The van der Waals surface area contributed by atoms with Crippen molar-refractivity contribution in [1.29, 1.82) is 5.26 Å². The molecular weight excluding hydrogens is 490 g/mol. The molecule has 4 rings (SSSR count). The van der Waals surface area contributed by atoms with Crippen LogP contribution in [0.25, 0.3) is 33.3 Å².